The zero-order chi connectivity index (χ0) is 13.5. The van der Waals surface area contributed by atoms with E-state index in [1.807, 2.05) is 0 Å². The Bertz CT molecular complexity index is 309. The fourth-order valence-electron chi connectivity index (χ4n) is 2.76. The van der Waals surface area contributed by atoms with Crippen LogP contribution in [0.25, 0.3) is 0 Å². The van der Waals surface area contributed by atoms with Gasteiger partial charge in [-0.3, -0.25) is 4.79 Å². The van der Waals surface area contributed by atoms with E-state index in [1.165, 1.54) is 13.1 Å². The van der Waals surface area contributed by atoms with Crippen molar-refractivity contribution in [3.05, 3.63) is 12.2 Å². The third kappa shape index (κ3) is 4.96. The quantitative estimate of drug-likeness (QED) is 0.597. The molecule has 1 saturated heterocycles. The Morgan fingerprint density at radius 2 is 2.05 bits per heavy atom. The van der Waals surface area contributed by atoms with E-state index in [0.29, 0.717) is 0 Å². The van der Waals surface area contributed by atoms with E-state index in [4.69, 9.17) is 0 Å². The third-order valence-electron chi connectivity index (χ3n) is 4.19. The van der Waals surface area contributed by atoms with Gasteiger partial charge in [0.25, 0.3) is 0 Å². The number of carbonyl (C=O) groups excluding carboxylic acids is 1. The van der Waals surface area contributed by atoms with Crippen molar-refractivity contribution >= 4 is 5.91 Å². The van der Waals surface area contributed by atoms with E-state index >= 15 is 0 Å². The number of allylic oxidation sites excluding steroid dienone is 2. The zero-order valence-corrected chi connectivity index (χ0v) is 12.1. The Kier molecular flexibility index (Phi) is 5.86. The van der Waals surface area contributed by atoms with E-state index < -0.39 is 0 Å². The normalized spacial score (nSPS) is 25.4. The molecule has 0 saturated carbocycles. The third-order valence-corrected chi connectivity index (χ3v) is 4.19. The molecule has 1 unspecified atom stereocenters. The maximum Gasteiger partial charge on any atom is 0.223 e. The number of piperazine rings is 1. The maximum atomic E-state index is 11.9. The number of likely N-dealkylation sites (N-methyl/N-ethyl adjacent to an activating group) is 1. The van der Waals surface area contributed by atoms with Gasteiger partial charge < -0.3 is 15.1 Å². The molecular weight excluding hydrogens is 238 g/mol. The summed E-state index contributed by atoms with van der Waals surface area (Å²) in [5.41, 5.74) is 0. The molecule has 4 heteroatoms. The predicted molar refractivity (Wildman–Crippen MR) is 78.0 cm³/mol. The van der Waals surface area contributed by atoms with Crippen LogP contribution >= 0.6 is 0 Å². The fraction of sp³-hybridized carbons (Fsp3) is 0.800. The predicted octanol–water partition coefficient (Wildman–Crippen LogP) is 1.10. The van der Waals surface area contributed by atoms with Gasteiger partial charge in [0.1, 0.15) is 0 Å². The molecule has 1 aliphatic carbocycles. The molecule has 1 N–H and O–H groups in total. The molecule has 108 valence electrons. The van der Waals surface area contributed by atoms with Gasteiger partial charge >= 0.3 is 0 Å². The van der Waals surface area contributed by atoms with Gasteiger partial charge in [-0.15, -0.1) is 0 Å². The number of amides is 1. The Balaban J connectivity index is 1.54. The Labute approximate surface area is 116 Å². The first-order valence-electron chi connectivity index (χ1n) is 7.59. The van der Waals surface area contributed by atoms with Gasteiger partial charge in [-0.05, 0) is 39.3 Å². The van der Waals surface area contributed by atoms with E-state index in [9.17, 15) is 4.79 Å². The Hall–Kier alpha value is -0.870. The molecule has 0 aromatic rings. The monoisotopic (exact) mass is 265 g/mol. The van der Waals surface area contributed by atoms with Gasteiger partial charge in [-0.2, -0.15) is 0 Å². The van der Waals surface area contributed by atoms with Gasteiger partial charge in [0.2, 0.25) is 5.91 Å². The maximum absolute atomic E-state index is 11.9. The average molecular weight is 265 g/mol. The summed E-state index contributed by atoms with van der Waals surface area (Å²) in [4.78, 5) is 16.8. The highest BCUT2D eigenvalue weighted by atomic mass is 16.1. The number of hydrogen-bond donors (Lipinski definition) is 1. The van der Waals surface area contributed by atoms with Crippen LogP contribution < -0.4 is 5.32 Å². The van der Waals surface area contributed by atoms with Gasteiger partial charge in [0.15, 0.2) is 0 Å². The number of nitrogens with one attached hydrogen (secondary N) is 1. The highest BCUT2D eigenvalue weighted by Crippen LogP contribution is 2.17. The molecule has 0 spiro atoms. The summed E-state index contributed by atoms with van der Waals surface area (Å²) in [5, 5.41) is 3.09. The first kappa shape index (κ1) is 14.5. The van der Waals surface area contributed by atoms with Crippen LogP contribution in [0, 0.1) is 5.92 Å². The molecule has 1 atom stereocenters. The minimum absolute atomic E-state index is 0.216. The molecule has 19 heavy (non-hydrogen) atoms. The zero-order valence-electron chi connectivity index (χ0n) is 12.1. The van der Waals surface area contributed by atoms with E-state index in [2.05, 4.69) is 34.3 Å². The average Bonchev–Trinajstić information content (AvgIpc) is 2.46. The summed E-state index contributed by atoms with van der Waals surface area (Å²) >= 11 is 0. The molecule has 1 fully saturated rings. The second-order valence-electron chi connectivity index (χ2n) is 5.77. The molecule has 2 aliphatic rings. The van der Waals surface area contributed by atoms with Crippen LogP contribution in [-0.2, 0) is 4.79 Å². The minimum Gasteiger partial charge on any atom is -0.356 e. The topological polar surface area (TPSA) is 35.6 Å². The summed E-state index contributed by atoms with van der Waals surface area (Å²) < 4.78 is 0. The number of carbonyl (C=O) groups is 1. The number of nitrogens with zero attached hydrogens (tertiary/aromatic N) is 2. The van der Waals surface area contributed by atoms with Crippen molar-refractivity contribution in [3.8, 4) is 0 Å². The molecule has 0 bridgehead atoms. The molecular formula is C15H27N3O. The molecule has 0 aromatic carbocycles. The van der Waals surface area contributed by atoms with Crippen LogP contribution in [0.15, 0.2) is 12.2 Å². The fourth-order valence-corrected chi connectivity index (χ4v) is 2.76. The van der Waals surface area contributed by atoms with Crippen molar-refractivity contribution in [3.63, 3.8) is 0 Å². The summed E-state index contributed by atoms with van der Waals surface area (Å²) in [7, 11) is 2.18. The van der Waals surface area contributed by atoms with E-state index in [1.54, 1.807) is 0 Å². The molecule has 1 amide bonds. The van der Waals surface area contributed by atoms with Gasteiger partial charge in [-0.25, -0.2) is 0 Å². The second kappa shape index (κ2) is 7.65. The van der Waals surface area contributed by atoms with Gasteiger partial charge in [-0.1, -0.05) is 12.2 Å². The lowest BCUT2D eigenvalue weighted by molar-refractivity contribution is -0.125. The van der Waals surface area contributed by atoms with Crippen molar-refractivity contribution in [2.45, 2.75) is 25.7 Å². The van der Waals surface area contributed by atoms with Crippen molar-refractivity contribution < 1.29 is 4.79 Å². The lowest BCUT2D eigenvalue weighted by Gasteiger charge is -2.32. The number of hydrogen-bond acceptors (Lipinski definition) is 3. The highest BCUT2D eigenvalue weighted by Gasteiger charge is 2.18. The van der Waals surface area contributed by atoms with Crippen LogP contribution in [0.1, 0.15) is 25.7 Å². The van der Waals surface area contributed by atoms with Crippen molar-refractivity contribution in [2.75, 3.05) is 46.3 Å². The lowest BCUT2D eigenvalue weighted by Crippen LogP contribution is -2.45. The van der Waals surface area contributed by atoms with E-state index in [0.717, 1.165) is 51.9 Å². The van der Waals surface area contributed by atoms with Crippen molar-refractivity contribution in [1.29, 1.82) is 0 Å². The summed E-state index contributed by atoms with van der Waals surface area (Å²) in [5.74, 6) is 0.469. The number of rotatable bonds is 5. The molecule has 1 aliphatic heterocycles. The first-order valence-corrected chi connectivity index (χ1v) is 7.59. The summed E-state index contributed by atoms with van der Waals surface area (Å²) in [6, 6.07) is 0. The smallest absolute Gasteiger partial charge is 0.223 e. The van der Waals surface area contributed by atoms with Crippen LogP contribution in [0.2, 0.25) is 0 Å². The van der Waals surface area contributed by atoms with Gasteiger partial charge in [0, 0.05) is 38.6 Å². The summed E-state index contributed by atoms with van der Waals surface area (Å²) in [6.45, 7) is 6.60. The van der Waals surface area contributed by atoms with Crippen LogP contribution in [0.4, 0.5) is 0 Å². The molecule has 4 nitrogen and oxygen atoms in total. The molecule has 0 aromatic heterocycles. The lowest BCUT2D eigenvalue weighted by atomic mass is 9.94. The SMILES string of the molecule is CN1CCN(CCCNC(=O)C2CC=CCC2)CC1. The van der Waals surface area contributed by atoms with Crippen LogP contribution in [0.5, 0.6) is 0 Å². The standard InChI is InChI=1S/C15H27N3O/c1-17-10-12-18(13-11-17)9-5-8-16-15(19)14-6-3-2-4-7-14/h2-3,14H,4-13H2,1H3,(H,16,19). The van der Waals surface area contributed by atoms with Crippen LogP contribution in [0.3, 0.4) is 0 Å². The second-order valence-corrected chi connectivity index (χ2v) is 5.77. The largest absolute Gasteiger partial charge is 0.356 e. The Morgan fingerprint density at radius 3 is 2.74 bits per heavy atom. The summed E-state index contributed by atoms with van der Waals surface area (Å²) in [6.07, 6.45) is 8.37. The minimum atomic E-state index is 0.216. The van der Waals surface area contributed by atoms with Crippen LogP contribution in [-0.4, -0.2) is 62.0 Å². The molecule has 1 heterocycles. The molecule has 0 radical (unpaired) electrons. The van der Waals surface area contributed by atoms with Crippen molar-refractivity contribution in [1.82, 2.24) is 15.1 Å². The molecule has 2 rings (SSSR count). The Morgan fingerprint density at radius 1 is 1.26 bits per heavy atom. The van der Waals surface area contributed by atoms with Crippen molar-refractivity contribution in [2.24, 2.45) is 5.92 Å². The highest BCUT2D eigenvalue weighted by molar-refractivity contribution is 5.78. The first-order chi connectivity index (χ1) is 9.25. The van der Waals surface area contributed by atoms with Gasteiger partial charge in [0.05, 0.1) is 0 Å². The van der Waals surface area contributed by atoms with E-state index in [-0.39, 0.29) is 11.8 Å².